The lowest BCUT2D eigenvalue weighted by atomic mass is 10.2. The van der Waals surface area contributed by atoms with Gasteiger partial charge in [0.2, 0.25) is 5.75 Å². The normalized spacial score (nSPS) is 10.2. The zero-order valence-corrected chi connectivity index (χ0v) is 13.0. The molecule has 0 saturated carbocycles. The number of nitrogens with zero attached hydrogens (tertiary/aromatic N) is 1. The molecule has 0 spiro atoms. The van der Waals surface area contributed by atoms with Crippen molar-refractivity contribution < 1.29 is 14.2 Å². The number of alkyl halides is 1. The largest absolute Gasteiger partial charge is 0.493 e. The Balaban J connectivity index is 2.25. The van der Waals surface area contributed by atoms with Gasteiger partial charge in [0.25, 0.3) is 0 Å². The molecule has 20 heavy (non-hydrogen) atoms. The Labute approximate surface area is 126 Å². The molecule has 1 aromatic heterocycles. The predicted molar refractivity (Wildman–Crippen MR) is 80.7 cm³/mol. The first-order chi connectivity index (χ1) is 9.78. The molecule has 0 unspecified atom stereocenters. The lowest BCUT2D eigenvalue weighted by molar-refractivity contribution is 0.262. The molecule has 0 aliphatic carbocycles. The van der Waals surface area contributed by atoms with Crippen LogP contribution in [0.5, 0.6) is 17.2 Å². The van der Waals surface area contributed by atoms with Gasteiger partial charge in [-0.25, -0.2) is 0 Å². The molecule has 0 atom stereocenters. The summed E-state index contributed by atoms with van der Waals surface area (Å²) in [6, 6.07) is 9.55. The Morgan fingerprint density at radius 2 is 1.80 bits per heavy atom. The standard InChI is InChI=1S/C15H16BrNO3/c1-18-13-7-11(9-16)8-14(19-2)15(13)20-10-12-5-3-4-6-17-12/h3-8H,9-10H2,1-2H3. The third-order valence-corrected chi connectivity index (χ3v) is 3.41. The van der Waals surface area contributed by atoms with Crippen molar-refractivity contribution in [2.75, 3.05) is 14.2 Å². The first-order valence-corrected chi connectivity index (χ1v) is 7.24. The second-order valence-electron chi connectivity index (χ2n) is 4.07. The van der Waals surface area contributed by atoms with Crippen LogP contribution in [0.25, 0.3) is 0 Å². The van der Waals surface area contributed by atoms with Crippen LogP contribution in [0.15, 0.2) is 36.5 Å². The van der Waals surface area contributed by atoms with E-state index in [4.69, 9.17) is 14.2 Å². The van der Waals surface area contributed by atoms with Gasteiger partial charge in [-0.3, -0.25) is 4.98 Å². The summed E-state index contributed by atoms with van der Waals surface area (Å²) in [5.41, 5.74) is 1.91. The van der Waals surface area contributed by atoms with Crippen LogP contribution < -0.4 is 14.2 Å². The molecule has 2 rings (SSSR count). The molecule has 2 aromatic rings. The van der Waals surface area contributed by atoms with Crippen LogP contribution in [0.3, 0.4) is 0 Å². The Kier molecular flexibility index (Phi) is 5.24. The van der Waals surface area contributed by atoms with E-state index < -0.39 is 0 Å². The van der Waals surface area contributed by atoms with Crippen molar-refractivity contribution >= 4 is 15.9 Å². The summed E-state index contributed by atoms with van der Waals surface area (Å²) in [5.74, 6) is 1.88. The zero-order valence-electron chi connectivity index (χ0n) is 11.4. The van der Waals surface area contributed by atoms with E-state index in [1.54, 1.807) is 20.4 Å². The van der Waals surface area contributed by atoms with Gasteiger partial charge in [0.15, 0.2) is 11.5 Å². The fraction of sp³-hybridized carbons (Fsp3) is 0.267. The molecule has 0 bridgehead atoms. The number of rotatable bonds is 6. The van der Waals surface area contributed by atoms with Crippen LogP contribution in [-0.2, 0) is 11.9 Å². The molecule has 1 heterocycles. The number of ether oxygens (including phenoxy) is 3. The van der Waals surface area contributed by atoms with Crippen LogP contribution in [0, 0.1) is 0 Å². The number of aromatic nitrogens is 1. The molecule has 0 saturated heterocycles. The quantitative estimate of drug-likeness (QED) is 0.755. The molecule has 0 amide bonds. The monoisotopic (exact) mass is 337 g/mol. The molecule has 106 valence electrons. The van der Waals surface area contributed by atoms with E-state index in [9.17, 15) is 0 Å². The van der Waals surface area contributed by atoms with Crippen LogP contribution >= 0.6 is 15.9 Å². The Morgan fingerprint density at radius 1 is 1.10 bits per heavy atom. The molecular formula is C15H16BrNO3. The van der Waals surface area contributed by atoms with Crippen LogP contribution in [-0.4, -0.2) is 19.2 Å². The molecule has 0 aliphatic heterocycles. The van der Waals surface area contributed by atoms with Gasteiger partial charge in [-0.1, -0.05) is 22.0 Å². The van der Waals surface area contributed by atoms with Crippen molar-refractivity contribution in [1.82, 2.24) is 4.98 Å². The summed E-state index contributed by atoms with van der Waals surface area (Å²) in [4.78, 5) is 4.22. The van der Waals surface area contributed by atoms with Gasteiger partial charge in [-0.15, -0.1) is 0 Å². The lowest BCUT2D eigenvalue weighted by Gasteiger charge is -2.15. The number of hydrogen-bond acceptors (Lipinski definition) is 4. The Morgan fingerprint density at radius 3 is 2.30 bits per heavy atom. The Bertz CT molecular complexity index is 535. The SMILES string of the molecule is COc1cc(CBr)cc(OC)c1OCc1ccccn1. The van der Waals surface area contributed by atoms with Gasteiger partial charge < -0.3 is 14.2 Å². The molecule has 0 aliphatic rings. The van der Waals surface area contributed by atoms with Gasteiger partial charge in [0, 0.05) is 11.5 Å². The molecule has 4 nitrogen and oxygen atoms in total. The number of pyridine rings is 1. The van der Waals surface area contributed by atoms with E-state index in [1.807, 2.05) is 30.3 Å². The Hall–Kier alpha value is -1.75. The number of benzene rings is 1. The van der Waals surface area contributed by atoms with Crippen LogP contribution in [0.4, 0.5) is 0 Å². The minimum Gasteiger partial charge on any atom is -0.493 e. The average Bonchev–Trinajstić information content (AvgIpc) is 2.52. The second kappa shape index (κ2) is 7.14. The summed E-state index contributed by atoms with van der Waals surface area (Å²) in [7, 11) is 3.22. The maximum atomic E-state index is 5.81. The summed E-state index contributed by atoms with van der Waals surface area (Å²) < 4.78 is 16.6. The van der Waals surface area contributed by atoms with E-state index in [0.717, 1.165) is 16.6 Å². The summed E-state index contributed by atoms with van der Waals surface area (Å²) in [6.07, 6.45) is 1.74. The summed E-state index contributed by atoms with van der Waals surface area (Å²) in [6.45, 7) is 0.362. The lowest BCUT2D eigenvalue weighted by Crippen LogP contribution is -2.02. The van der Waals surface area contributed by atoms with E-state index in [-0.39, 0.29) is 0 Å². The molecular weight excluding hydrogens is 322 g/mol. The summed E-state index contributed by atoms with van der Waals surface area (Å²) in [5, 5.41) is 0.722. The third kappa shape index (κ3) is 3.42. The fourth-order valence-corrected chi connectivity index (χ4v) is 2.11. The molecule has 0 fully saturated rings. The number of methoxy groups -OCH3 is 2. The maximum absolute atomic E-state index is 5.81. The van der Waals surface area contributed by atoms with Gasteiger partial charge in [-0.2, -0.15) is 0 Å². The summed E-state index contributed by atoms with van der Waals surface area (Å²) >= 11 is 3.42. The molecule has 1 aromatic carbocycles. The smallest absolute Gasteiger partial charge is 0.203 e. The zero-order chi connectivity index (χ0) is 14.4. The van der Waals surface area contributed by atoms with Crippen molar-refractivity contribution in [1.29, 1.82) is 0 Å². The van der Waals surface area contributed by atoms with E-state index >= 15 is 0 Å². The van der Waals surface area contributed by atoms with Crippen molar-refractivity contribution in [3.63, 3.8) is 0 Å². The molecule has 5 heteroatoms. The first kappa shape index (κ1) is 14.7. The number of hydrogen-bond donors (Lipinski definition) is 0. The van der Waals surface area contributed by atoms with Gasteiger partial charge in [0.1, 0.15) is 6.61 Å². The van der Waals surface area contributed by atoms with Crippen LogP contribution in [0.1, 0.15) is 11.3 Å². The second-order valence-corrected chi connectivity index (χ2v) is 4.63. The van der Waals surface area contributed by atoms with E-state index in [0.29, 0.717) is 23.9 Å². The highest BCUT2D eigenvalue weighted by atomic mass is 79.9. The maximum Gasteiger partial charge on any atom is 0.203 e. The highest BCUT2D eigenvalue weighted by molar-refractivity contribution is 9.08. The topological polar surface area (TPSA) is 40.6 Å². The van der Waals surface area contributed by atoms with Crippen molar-refractivity contribution in [3.05, 3.63) is 47.8 Å². The molecule has 0 N–H and O–H groups in total. The van der Waals surface area contributed by atoms with E-state index in [1.165, 1.54) is 0 Å². The average molecular weight is 338 g/mol. The highest BCUT2D eigenvalue weighted by Crippen LogP contribution is 2.39. The van der Waals surface area contributed by atoms with Crippen molar-refractivity contribution in [2.45, 2.75) is 11.9 Å². The third-order valence-electron chi connectivity index (χ3n) is 2.77. The van der Waals surface area contributed by atoms with Crippen LogP contribution in [0.2, 0.25) is 0 Å². The van der Waals surface area contributed by atoms with E-state index in [2.05, 4.69) is 20.9 Å². The number of halogens is 1. The van der Waals surface area contributed by atoms with Gasteiger partial charge in [-0.05, 0) is 29.8 Å². The fourth-order valence-electron chi connectivity index (χ4n) is 1.78. The van der Waals surface area contributed by atoms with Gasteiger partial charge in [0.05, 0.1) is 19.9 Å². The molecule has 0 radical (unpaired) electrons. The van der Waals surface area contributed by atoms with Crippen molar-refractivity contribution in [3.8, 4) is 17.2 Å². The van der Waals surface area contributed by atoms with Crippen molar-refractivity contribution in [2.24, 2.45) is 0 Å². The van der Waals surface area contributed by atoms with Gasteiger partial charge >= 0.3 is 0 Å². The first-order valence-electron chi connectivity index (χ1n) is 6.12. The minimum absolute atomic E-state index is 0.362. The highest BCUT2D eigenvalue weighted by Gasteiger charge is 2.14. The predicted octanol–water partition coefficient (Wildman–Crippen LogP) is 3.57. The minimum atomic E-state index is 0.362.